The summed E-state index contributed by atoms with van der Waals surface area (Å²) in [4.78, 5) is 12.9. The molecule has 4 heteroatoms. The molecule has 142 valence electrons. The van der Waals surface area contributed by atoms with E-state index in [0.29, 0.717) is 6.61 Å². The van der Waals surface area contributed by atoms with Crippen LogP contribution in [-0.2, 0) is 13.0 Å². The minimum Gasteiger partial charge on any atom is -0.496 e. The van der Waals surface area contributed by atoms with Crippen molar-refractivity contribution < 1.29 is 14.3 Å². The Bertz CT molecular complexity index is 971. The van der Waals surface area contributed by atoms with E-state index in [1.165, 1.54) is 11.3 Å². The van der Waals surface area contributed by atoms with Gasteiger partial charge in [0.2, 0.25) is 0 Å². The summed E-state index contributed by atoms with van der Waals surface area (Å²) in [6, 6.07) is 17.4. The molecule has 0 aliphatic rings. The van der Waals surface area contributed by atoms with Gasteiger partial charge in [-0.05, 0) is 53.3 Å². The first-order valence-corrected chi connectivity index (χ1v) is 9.83. The number of benzene rings is 2. The van der Waals surface area contributed by atoms with Crippen LogP contribution < -0.4 is 9.47 Å². The number of para-hydroxylation sites is 1. The van der Waals surface area contributed by atoms with Gasteiger partial charge < -0.3 is 9.47 Å². The highest BCUT2D eigenvalue weighted by atomic mass is 32.1. The zero-order valence-electron chi connectivity index (χ0n) is 15.8. The van der Waals surface area contributed by atoms with Crippen LogP contribution in [0.1, 0.15) is 26.4 Å². The highest BCUT2D eigenvalue weighted by Crippen LogP contribution is 2.25. The van der Waals surface area contributed by atoms with Gasteiger partial charge >= 0.3 is 0 Å². The quantitative estimate of drug-likeness (QED) is 0.257. The number of carbonyl (C=O) groups is 1. The number of rotatable bonds is 9. The lowest BCUT2D eigenvalue weighted by molar-refractivity contribution is 0.105. The van der Waals surface area contributed by atoms with Crippen molar-refractivity contribution in [3.63, 3.8) is 0 Å². The van der Waals surface area contributed by atoms with Crippen molar-refractivity contribution in [1.29, 1.82) is 0 Å². The zero-order chi connectivity index (χ0) is 19.8. The third-order valence-electron chi connectivity index (χ3n) is 4.22. The van der Waals surface area contributed by atoms with Crippen molar-refractivity contribution in [3.05, 3.63) is 100 Å². The van der Waals surface area contributed by atoms with E-state index in [4.69, 9.17) is 9.47 Å². The number of thiophene rings is 1. The lowest BCUT2D eigenvalue weighted by atomic mass is 10.1. The Hall–Kier alpha value is -3.11. The van der Waals surface area contributed by atoms with E-state index in [2.05, 4.69) is 6.58 Å². The SMILES string of the molecule is C=CCc1ccccc1OCc1cc(/C=C/C(=O)c2cccs2)ccc1OC. The van der Waals surface area contributed by atoms with E-state index in [0.717, 1.165) is 39.5 Å². The molecule has 0 spiro atoms. The van der Waals surface area contributed by atoms with Crippen molar-refractivity contribution in [3.8, 4) is 11.5 Å². The molecule has 28 heavy (non-hydrogen) atoms. The number of hydrogen-bond donors (Lipinski definition) is 0. The van der Waals surface area contributed by atoms with Crippen molar-refractivity contribution >= 4 is 23.2 Å². The summed E-state index contributed by atoms with van der Waals surface area (Å²) in [5.41, 5.74) is 2.93. The summed E-state index contributed by atoms with van der Waals surface area (Å²) in [6.45, 7) is 4.17. The second-order valence-corrected chi connectivity index (χ2v) is 7.08. The summed E-state index contributed by atoms with van der Waals surface area (Å²) in [5, 5.41) is 1.90. The van der Waals surface area contributed by atoms with Gasteiger partial charge in [0.05, 0.1) is 12.0 Å². The van der Waals surface area contributed by atoms with Gasteiger partial charge in [0.15, 0.2) is 5.78 Å². The third kappa shape index (κ3) is 4.99. The van der Waals surface area contributed by atoms with Gasteiger partial charge in [-0.3, -0.25) is 4.79 Å². The highest BCUT2D eigenvalue weighted by molar-refractivity contribution is 7.12. The van der Waals surface area contributed by atoms with Crippen molar-refractivity contribution in [2.24, 2.45) is 0 Å². The first-order chi connectivity index (χ1) is 13.7. The summed E-state index contributed by atoms with van der Waals surface area (Å²) in [6.07, 6.45) is 6.02. The second-order valence-electron chi connectivity index (χ2n) is 6.14. The zero-order valence-corrected chi connectivity index (χ0v) is 16.6. The lowest BCUT2D eigenvalue weighted by Crippen LogP contribution is -2.01. The maximum Gasteiger partial charge on any atom is 0.195 e. The molecule has 1 heterocycles. The molecule has 3 rings (SSSR count). The Morgan fingerprint density at radius 2 is 1.93 bits per heavy atom. The summed E-state index contributed by atoms with van der Waals surface area (Å²) >= 11 is 1.44. The van der Waals surface area contributed by atoms with E-state index >= 15 is 0 Å². The molecule has 0 N–H and O–H groups in total. The Balaban J connectivity index is 1.76. The maximum atomic E-state index is 12.2. The second kappa shape index (κ2) is 9.72. The average molecular weight is 391 g/mol. The third-order valence-corrected chi connectivity index (χ3v) is 5.10. The minimum absolute atomic E-state index is 0.00182. The molecule has 0 saturated carbocycles. The van der Waals surface area contributed by atoms with Crippen LogP contribution in [0.5, 0.6) is 11.5 Å². The smallest absolute Gasteiger partial charge is 0.195 e. The fourth-order valence-electron chi connectivity index (χ4n) is 2.81. The van der Waals surface area contributed by atoms with Crippen LogP contribution >= 0.6 is 11.3 Å². The standard InChI is InChI=1S/C24H22O3S/c1-3-7-19-8-4-5-9-23(19)27-17-20-16-18(12-14-22(20)26-2)11-13-21(25)24-10-6-15-28-24/h3-6,8-16H,1,7,17H2,2H3/b13-11+. The van der Waals surface area contributed by atoms with Crippen LogP contribution in [0.15, 0.2) is 78.7 Å². The maximum absolute atomic E-state index is 12.2. The summed E-state index contributed by atoms with van der Waals surface area (Å²) < 4.78 is 11.5. The molecule has 0 radical (unpaired) electrons. The van der Waals surface area contributed by atoms with Crippen LogP contribution in [0.3, 0.4) is 0 Å². The predicted octanol–water partition coefficient (Wildman–Crippen LogP) is 5.96. The van der Waals surface area contributed by atoms with Gasteiger partial charge in [-0.25, -0.2) is 0 Å². The Kier molecular flexibility index (Phi) is 6.82. The van der Waals surface area contributed by atoms with Crippen molar-refractivity contribution in [2.75, 3.05) is 7.11 Å². The summed E-state index contributed by atoms with van der Waals surface area (Å²) in [5.74, 6) is 1.59. The van der Waals surface area contributed by atoms with Crippen LogP contribution in [0, 0.1) is 0 Å². The topological polar surface area (TPSA) is 35.5 Å². The van der Waals surface area contributed by atoms with E-state index in [1.54, 1.807) is 13.2 Å². The first kappa shape index (κ1) is 19.6. The van der Waals surface area contributed by atoms with Crippen molar-refractivity contribution in [1.82, 2.24) is 0 Å². The molecule has 3 aromatic rings. The van der Waals surface area contributed by atoms with E-state index in [-0.39, 0.29) is 5.78 Å². The van der Waals surface area contributed by atoms with Crippen LogP contribution in [0.25, 0.3) is 6.08 Å². The van der Waals surface area contributed by atoms with Gasteiger partial charge in [-0.15, -0.1) is 17.9 Å². The molecule has 2 aromatic carbocycles. The monoisotopic (exact) mass is 390 g/mol. The minimum atomic E-state index is 0.00182. The molecule has 3 nitrogen and oxygen atoms in total. The Morgan fingerprint density at radius 3 is 2.68 bits per heavy atom. The molecule has 1 aromatic heterocycles. The normalized spacial score (nSPS) is 10.8. The fraction of sp³-hybridized carbons (Fsp3) is 0.125. The average Bonchev–Trinajstić information content (AvgIpc) is 3.26. The van der Waals surface area contributed by atoms with Gasteiger partial charge in [0.25, 0.3) is 0 Å². The van der Waals surface area contributed by atoms with Crippen LogP contribution in [0.2, 0.25) is 0 Å². The molecular formula is C24H22O3S. The predicted molar refractivity (Wildman–Crippen MR) is 115 cm³/mol. The van der Waals surface area contributed by atoms with Crippen LogP contribution in [0.4, 0.5) is 0 Å². The van der Waals surface area contributed by atoms with Gasteiger partial charge in [-0.1, -0.05) is 42.5 Å². The number of carbonyl (C=O) groups excluding carboxylic acids is 1. The molecule has 0 bridgehead atoms. The first-order valence-electron chi connectivity index (χ1n) is 8.95. The molecule has 0 amide bonds. The van der Waals surface area contributed by atoms with Gasteiger partial charge in [-0.2, -0.15) is 0 Å². The number of allylic oxidation sites excluding steroid dienone is 2. The molecule has 0 fully saturated rings. The van der Waals surface area contributed by atoms with Crippen LogP contribution in [-0.4, -0.2) is 12.9 Å². The largest absolute Gasteiger partial charge is 0.496 e. The van der Waals surface area contributed by atoms with Gasteiger partial charge in [0, 0.05) is 5.56 Å². The van der Waals surface area contributed by atoms with E-state index in [9.17, 15) is 4.79 Å². The highest BCUT2D eigenvalue weighted by Gasteiger charge is 2.08. The Morgan fingerprint density at radius 1 is 1.07 bits per heavy atom. The summed E-state index contributed by atoms with van der Waals surface area (Å²) in [7, 11) is 1.64. The molecule has 0 saturated heterocycles. The number of ether oxygens (including phenoxy) is 2. The van der Waals surface area contributed by atoms with Crippen molar-refractivity contribution in [2.45, 2.75) is 13.0 Å². The molecule has 0 aliphatic heterocycles. The molecule has 0 aliphatic carbocycles. The number of methoxy groups -OCH3 is 1. The number of hydrogen-bond acceptors (Lipinski definition) is 4. The molecule has 0 unspecified atom stereocenters. The van der Waals surface area contributed by atoms with Gasteiger partial charge in [0.1, 0.15) is 18.1 Å². The lowest BCUT2D eigenvalue weighted by Gasteiger charge is -2.13. The van der Waals surface area contributed by atoms with E-state index < -0.39 is 0 Å². The van der Waals surface area contributed by atoms with E-state index in [1.807, 2.05) is 72.1 Å². The molecule has 0 atom stereocenters. The molecular weight excluding hydrogens is 368 g/mol. The Labute approximate surface area is 169 Å². The fourth-order valence-corrected chi connectivity index (χ4v) is 3.46. The number of ketones is 1.